The minimum atomic E-state index is 0. The Balaban J connectivity index is 0.00000168. The number of halogens is 1. The maximum absolute atomic E-state index is 6.27. The van der Waals surface area contributed by atoms with E-state index in [9.17, 15) is 0 Å². The summed E-state index contributed by atoms with van der Waals surface area (Å²) >= 11 is 0. The second-order valence-electron chi connectivity index (χ2n) is 6.83. The van der Waals surface area contributed by atoms with Gasteiger partial charge in [-0.1, -0.05) is 30.3 Å². The van der Waals surface area contributed by atoms with Crippen LogP contribution in [0.1, 0.15) is 34.2 Å². The molecule has 1 unspecified atom stereocenters. The van der Waals surface area contributed by atoms with E-state index < -0.39 is 0 Å². The number of aryl methyl sites for hydroxylation is 2. The van der Waals surface area contributed by atoms with Crippen molar-refractivity contribution in [3.05, 3.63) is 88.9 Å². The van der Waals surface area contributed by atoms with Crippen LogP contribution in [0.2, 0.25) is 0 Å². The van der Waals surface area contributed by atoms with E-state index >= 15 is 0 Å². The van der Waals surface area contributed by atoms with E-state index in [4.69, 9.17) is 4.42 Å². The van der Waals surface area contributed by atoms with Crippen LogP contribution in [0.3, 0.4) is 0 Å². The zero-order valence-electron chi connectivity index (χ0n) is 14.8. The van der Waals surface area contributed by atoms with Crippen molar-refractivity contribution < 1.29 is 4.42 Å². The van der Waals surface area contributed by atoms with Gasteiger partial charge in [-0.25, -0.2) is 0 Å². The van der Waals surface area contributed by atoms with Gasteiger partial charge < -0.3 is 8.98 Å². The molecule has 0 bridgehead atoms. The van der Waals surface area contributed by atoms with Crippen molar-refractivity contribution in [2.24, 2.45) is 0 Å². The molecule has 0 amide bonds. The smallest absolute Gasteiger partial charge is 0.137 e. The predicted octanol–water partition coefficient (Wildman–Crippen LogP) is 5.45. The highest BCUT2D eigenvalue weighted by molar-refractivity contribution is 5.85. The Morgan fingerprint density at radius 3 is 2.65 bits per heavy atom. The molecule has 3 heterocycles. The number of para-hydroxylation sites is 1. The van der Waals surface area contributed by atoms with E-state index in [-0.39, 0.29) is 18.4 Å². The lowest BCUT2D eigenvalue weighted by Gasteiger charge is -2.15. The molecule has 1 aliphatic rings. The maximum atomic E-state index is 6.27. The average Bonchev–Trinajstić information content (AvgIpc) is 3.22. The molecule has 0 fully saturated rings. The first-order chi connectivity index (χ1) is 12.2. The molecule has 0 saturated heterocycles. The number of furan rings is 1. The van der Waals surface area contributed by atoms with Gasteiger partial charge in [-0.05, 0) is 54.8 Å². The summed E-state index contributed by atoms with van der Waals surface area (Å²) in [6.07, 6.45) is 2.14. The third-order valence-electron chi connectivity index (χ3n) is 5.25. The fraction of sp³-hybridized carbons (Fsp3) is 0.182. The Morgan fingerprint density at radius 1 is 1.00 bits per heavy atom. The van der Waals surface area contributed by atoms with E-state index in [0.717, 1.165) is 23.3 Å². The summed E-state index contributed by atoms with van der Waals surface area (Å²) in [5.41, 5.74) is 7.27. The lowest BCUT2D eigenvalue weighted by Crippen LogP contribution is -2.20. The van der Waals surface area contributed by atoms with Crippen LogP contribution in [0.25, 0.3) is 16.7 Å². The van der Waals surface area contributed by atoms with Crippen LogP contribution in [0, 0.1) is 13.8 Å². The van der Waals surface area contributed by atoms with Gasteiger partial charge in [0, 0.05) is 23.8 Å². The first-order valence-electron chi connectivity index (χ1n) is 8.71. The van der Waals surface area contributed by atoms with E-state index in [1.54, 1.807) is 0 Å². The summed E-state index contributed by atoms with van der Waals surface area (Å²) in [5, 5.41) is 4.86. The third-order valence-corrected chi connectivity index (χ3v) is 5.25. The Morgan fingerprint density at radius 2 is 1.81 bits per heavy atom. The van der Waals surface area contributed by atoms with Crippen molar-refractivity contribution in [3.63, 3.8) is 0 Å². The molecule has 0 radical (unpaired) electrons. The number of hydrogen-bond acceptors (Lipinski definition) is 2. The molecule has 132 valence electrons. The van der Waals surface area contributed by atoms with E-state index in [1.807, 2.05) is 0 Å². The topological polar surface area (TPSA) is 30.1 Å². The molecule has 2 aromatic heterocycles. The minimum Gasteiger partial charge on any atom is -0.459 e. The van der Waals surface area contributed by atoms with Gasteiger partial charge in [0.05, 0.1) is 5.69 Å². The second-order valence-corrected chi connectivity index (χ2v) is 6.83. The highest BCUT2D eigenvalue weighted by Crippen LogP contribution is 2.34. The van der Waals surface area contributed by atoms with Gasteiger partial charge in [0.15, 0.2) is 0 Å². The summed E-state index contributed by atoms with van der Waals surface area (Å²) < 4.78 is 8.56. The summed E-state index contributed by atoms with van der Waals surface area (Å²) in [5.74, 6) is 0.967. The van der Waals surface area contributed by atoms with Gasteiger partial charge in [0.25, 0.3) is 0 Å². The van der Waals surface area contributed by atoms with E-state index in [0.29, 0.717) is 0 Å². The zero-order valence-corrected chi connectivity index (χ0v) is 15.6. The lowest BCUT2D eigenvalue weighted by atomic mass is 10.1. The average molecular weight is 365 g/mol. The lowest BCUT2D eigenvalue weighted by molar-refractivity contribution is 0.464. The fourth-order valence-electron chi connectivity index (χ4n) is 3.92. The molecule has 0 aliphatic carbocycles. The molecule has 5 rings (SSSR count). The first-order valence-corrected chi connectivity index (χ1v) is 8.71. The standard InChI is InChI=1S/C22H20N2O.ClH/c1-14-6-4-9-18-17(14)13-23-21(19-10-5-11-24(18)19)20-12-16-8-3-7-15(2)22(16)25-20;/h3-12,21,23H,13H2,1-2H3;1H. The molecular weight excluding hydrogens is 344 g/mol. The van der Waals surface area contributed by atoms with Crippen LogP contribution < -0.4 is 5.32 Å². The summed E-state index contributed by atoms with van der Waals surface area (Å²) in [6.45, 7) is 5.09. The van der Waals surface area contributed by atoms with Crippen molar-refractivity contribution in [2.45, 2.75) is 26.4 Å². The number of hydrogen-bond donors (Lipinski definition) is 1. The van der Waals surface area contributed by atoms with Crippen molar-refractivity contribution in [3.8, 4) is 5.69 Å². The van der Waals surface area contributed by atoms with Gasteiger partial charge >= 0.3 is 0 Å². The first kappa shape index (κ1) is 17.0. The van der Waals surface area contributed by atoms with Crippen molar-refractivity contribution >= 4 is 23.4 Å². The molecule has 1 aliphatic heterocycles. The van der Waals surface area contributed by atoms with Crippen LogP contribution in [-0.4, -0.2) is 4.57 Å². The molecule has 0 spiro atoms. The van der Waals surface area contributed by atoms with Gasteiger partial charge in [-0.3, -0.25) is 5.32 Å². The summed E-state index contributed by atoms with van der Waals surface area (Å²) in [6, 6.07) is 19.3. The van der Waals surface area contributed by atoms with Crippen molar-refractivity contribution in [1.29, 1.82) is 0 Å². The second kappa shape index (κ2) is 6.35. The highest BCUT2D eigenvalue weighted by Gasteiger charge is 2.26. The zero-order chi connectivity index (χ0) is 17.0. The summed E-state index contributed by atoms with van der Waals surface area (Å²) in [7, 11) is 0. The Hall–Kier alpha value is -2.49. The molecule has 4 heteroatoms. The van der Waals surface area contributed by atoms with Crippen LogP contribution >= 0.6 is 12.4 Å². The monoisotopic (exact) mass is 364 g/mol. The Bertz CT molecular complexity index is 1090. The molecular formula is C22H21ClN2O. The van der Waals surface area contributed by atoms with Crippen LogP contribution in [0.15, 0.2) is 65.2 Å². The number of nitrogens with zero attached hydrogens (tertiary/aromatic N) is 1. The van der Waals surface area contributed by atoms with Crippen molar-refractivity contribution in [2.75, 3.05) is 0 Å². The maximum Gasteiger partial charge on any atom is 0.137 e. The van der Waals surface area contributed by atoms with Crippen molar-refractivity contribution in [1.82, 2.24) is 9.88 Å². The van der Waals surface area contributed by atoms with E-state index in [1.165, 1.54) is 28.1 Å². The Kier molecular flexibility index (Phi) is 4.14. The molecule has 0 saturated carbocycles. The molecule has 3 nitrogen and oxygen atoms in total. The predicted molar refractivity (Wildman–Crippen MR) is 107 cm³/mol. The van der Waals surface area contributed by atoms with Crippen LogP contribution in [-0.2, 0) is 6.54 Å². The molecule has 4 aromatic rings. The van der Waals surface area contributed by atoms with Gasteiger partial charge in [0.1, 0.15) is 17.4 Å². The highest BCUT2D eigenvalue weighted by atomic mass is 35.5. The molecule has 1 N–H and O–H groups in total. The normalized spacial score (nSPS) is 15.8. The molecule has 1 atom stereocenters. The summed E-state index contributed by atoms with van der Waals surface area (Å²) in [4.78, 5) is 0. The van der Waals surface area contributed by atoms with Gasteiger partial charge in [0.2, 0.25) is 0 Å². The number of rotatable bonds is 1. The number of nitrogens with one attached hydrogen (secondary N) is 1. The van der Waals surface area contributed by atoms with Gasteiger partial charge in [-0.15, -0.1) is 12.4 Å². The largest absolute Gasteiger partial charge is 0.459 e. The number of fused-ring (bicyclic) bond motifs is 4. The molecule has 26 heavy (non-hydrogen) atoms. The quantitative estimate of drug-likeness (QED) is 0.486. The number of benzene rings is 2. The third kappa shape index (κ3) is 2.47. The fourth-order valence-corrected chi connectivity index (χ4v) is 3.92. The van der Waals surface area contributed by atoms with Crippen LogP contribution in [0.4, 0.5) is 0 Å². The van der Waals surface area contributed by atoms with Gasteiger partial charge in [-0.2, -0.15) is 0 Å². The SMILES string of the molecule is Cc1cccc2c1CNC(c1cc3cccc(C)c3o1)c1cccn1-2.Cl. The van der Waals surface area contributed by atoms with Crippen LogP contribution in [0.5, 0.6) is 0 Å². The molecule has 2 aromatic carbocycles. The number of aromatic nitrogens is 1. The van der Waals surface area contributed by atoms with E-state index in [2.05, 4.69) is 84.5 Å². The minimum absolute atomic E-state index is 0. The Labute approximate surface area is 159 Å².